The van der Waals surface area contributed by atoms with Crippen LogP contribution in [0.4, 0.5) is 5.69 Å². The molecule has 7 nitrogen and oxygen atoms in total. The first-order chi connectivity index (χ1) is 19.0. The zero-order valence-electron chi connectivity index (χ0n) is 22.0. The van der Waals surface area contributed by atoms with E-state index in [0.29, 0.717) is 17.6 Å². The Kier molecular flexibility index (Phi) is 7.15. The van der Waals surface area contributed by atoms with E-state index >= 15 is 0 Å². The highest BCUT2D eigenvalue weighted by Crippen LogP contribution is 2.34. The minimum atomic E-state index is -0.167. The highest BCUT2D eigenvalue weighted by Gasteiger charge is 2.21. The van der Waals surface area contributed by atoms with Gasteiger partial charge in [-0.25, -0.2) is 9.97 Å². The predicted octanol–water partition coefficient (Wildman–Crippen LogP) is 5.85. The number of carbonyl (C=O) groups is 1. The van der Waals surface area contributed by atoms with Crippen LogP contribution in [0.2, 0.25) is 0 Å². The monoisotopic (exact) mass is 534 g/mol. The molecule has 1 saturated heterocycles. The third kappa shape index (κ3) is 5.73. The molecule has 1 aliphatic rings. The topological polar surface area (TPSA) is 83.0 Å². The number of thiazole rings is 1. The van der Waals surface area contributed by atoms with Gasteiger partial charge in [-0.05, 0) is 73.0 Å². The van der Waals surface area contributed by atoms with Gasteiger partial charge in [0, 0.05) is 61.4 Å². The van der Waals surface area contributed by atoms with E-state index in [4.69, 9.17) is 9.97 Å². The lowest BCUT2D eigenvalue weighted by atomic mass is 10.0. The van der Waals surface area contributed by atoms with Gasteiger partial charge in [0.2, 0.25) is 0 Å². The Morgan fingerprint density at radius 2 is 1.79 bits per heavy atom. The van der Waals surface area contributed by atoms with Gasteiger partial charge < -0.3 is 10.6 Å². The molecular weight excluding hydrogens is 504 g/mol. The highest BCUT2D eigenvalue weighted by atomic mass is 32.1. The van der Waals surface area contributed by atoms with Gasteiger partial charge in [0.1, 0.15) is 15.4 Å². The van der Waals surface area contributed by atoms with Gasteiger partial charge in [-0.3, -0.25) is 14.7 Å². The van der Waals surface area contributed by atoms with E-state index in [1.165, 1.54) is 11.3 Å². The highest BCUT2D eigenvalue weighted by molar-refractivity contribution is 7.21. The number of rotatable bonds is 6. The maximum atomic E-state index is 13.3. The molecule has 0 unspecified atom stereocenters. The van der Waals surface area contributed by atoms with Crippen molar-refractivity contribution in [3.05, 3.63) is 96.4 Å². The Morgan fingerprint density at radius 3 is 2.62 bits per heavy atom. The van der Waals surface area contributed by atoms with Crippen LogP contribution in [-0.2, 0) is 6.54 Å². The Balaban J connectivity index is 1.23. The smallest absolute Gasteiger partial charge is 0.255 e. The van der Waals surface area contributed by atoms with E-state index in [9.17, 15) is 4.79 Å². The first kappa shape index (κ1) is 25.3. The van der Waals surface area contributed by atoms with Crippen LogP contribution in [0.3, 0.4) is 0 Å². The summed E-state index contributed by atoms with van der Waals surface area (Å²) in [5, 5.41) is 7.52. The van der Waals surface area contributed by atoms with Crippen molar-refractivity contribution in [3.63, 3.8) is 0 Å². The summed E-state index contributed by atoms with van der Waals surface area (Å²) in [4.78, 5) is 30.4. The normalized spacial score (nSPS) is 17.8. The van der Waals surface area contributed by atoms with Crippen LogP contribution in [0.25, 0.3) is 32.0 Å². The van der Waals surface area contributed by atoms with E-state index in [-0.39, 0.29) is 5.91 Å². The molecule has 39 heavy (non-hydrogen) atoms. The number of pyridine rings is 2. The second-order valence-corrected chi connectivity index (χ2v) is 11.1. The largest absolute Gasteiger partial charge is 0.321 e. The Labute approximate surface area is 232 Å². The molecular formula is C31H30N6OS. The third-order valence-electron chi connectivity index (χ3n) is 6.89. The number of nitrogens with zero attached hydrogens (tertiary/aromatic N) is 4. The molecule has 8 heteroatoms. The molecule has 4 heterocycles. The summed E-state index contributed by atoms with van der Waals surface area (Å²) in [7, 11) is 0. The van der Waals surface area contributed by atoms with Crippen molar-refractivity contribution in [2.45, 2.75) is 32.5 Å². The fourth-order valence-electron chi connectivity index (χ4n) is 5.25. The number of anilines is 1. The van der Waals surface area contributed by atoms with Gasteiger partial charge in [0.05, 0.1) is 5.69 Å². The number of hydrogen-bond donors (Lipinski definition) is 2. The molecule has 196 valence electrons. The van der Waals surface area contributed by atoms with Crippen molar-refractivity contribution in [1.29, 1.82) is 0 Å². The maximum absolute atomic E-state index is 13.3. The fourth-order valence-corrected chi connectivity index (χ4v) is 6.18. The molecule has 3 aromatic heterocycles. The molecule has 0 radical (unpaired) electrons. The quantitative estimate of drug-likeness (QED) is 0.284. The second-order valence-electron chi connectivity index (χ2n) is 10.2. The average Bonchev–Trinajstić information content (AvgIpc) is 3.37. The number of benzene rings is 2. The van der Waals surface area contributed by atoms with Crippen LogP contribution in [-0.4, -0.2) is 50.9 Å². The Morgan fingerprint density at radius 1 is 1.00 bits per heavy atom. The van der Waals surface area contributed by atoms with Crippen LogP contribution in [0.1, 0.15) is 29.8 Å². The van der Waals surface area contributed by atoms with Crippen LogP contribution in [0.5, 0.6) is 0 Å². The Hall–Kier alpha value is -3.98. The van der Waals surface area contributed by atoms with E-state index in [0.717, 1.165) is 62.9 Å². The van der Waals surface area contributed by atoms with Gasteiger partial charge in [0.25, 0.3) is 5.91 Å². The van der Waals surface area contributed by atoms with Crippen LogP contribution in [0.15, 0.2) is 85.3 Å². The zero-order chi connectivity index (χ0) is 26.8. The van der Waals surface area contributed by atoms with Gasteiger partial charge in [-0.1, -0.05) is 35.6 Å². The van der Waals surface area contributed by atoms with Crippen molar-refractivity contribution in [2.75, 3.05) is 18.4 Å². The number of piperazine rings is 1. The summed E-state index contributed by atoms with van der Waals surface area (Å²) >= 11 is 1.54. The third-order valence-corrected chi connectivity index (χ3v) is 7.90. The van der Waals surface area contributed by atoms with Gasteiger partial charge >= 0.3 is 0 Å². The molecule has 5 aromatic rings. The SMILES string of the molecule is C[C@@H]1CN(Cc2cnc3sc(-c4ccccc4NC(=O)c4cccc(-c5ccncc5)c4)nc3c2)C[C@H](C)N1. The van der Waals surface area contributed by atoms with Gasteiger partial charge in [-0.2, -0.15) is 0 Å². The van der Waals surface area contributed by atoms with E-state index < -0.39 is 0 Å². The maximum Gasteiger partial charge on any atom is 0.255 e. The van der Waals surface area contributed by atoms with Crippen LogP contribution >= 0.6 is 11.3 Å². The summed E-state index contributed by atoms with van der Waals surface area (Å²) in [6, 6.07) is 22.4. The van der Waals surface area contributed by atoms with Gasteiger partial charge in [0.15, 0.2) is 0 Å². The lowest BCUT2D eigenvalue weighted by Crippen LogP contribution is -2.53. The molecule has 0 bridgehead atoms. The molecule has 0 saturated carbocycles. The fraction of sp³-hybridized carbons (Fsp3) is 0.226. The van der Waals surface area contributed by atoms with Crippen LogP contribution < -0.4 is 10.6 Å². The molecule has 1 amide bonds. The lowest BCUT2D eigenvalue weighted by Gasteiger charge is -2.36. The molecule has 2 aromatic carbocycles. The number of carbonyl (C=O) groups excluding carboxylic acids is 1. The molecule has 2 atom stereocenters. The standard InChI is InChI=1S/C31H30N6OS/c1-20-17-37(18-21(2)34-20)19-22-14-28-31(33-16-22)39-30(36-28)26-8-3-4-9-27(26)35-29(38)25-7-5-6-24(15-25)23-10-12-32-13-11-23/h3-16,20-21,34H,17-19H2,1-2H3,(H,35,38)/t20-,21+. The minimum absolute atomic E-state index is 0.167. The summed E-state index contributed by atoms with van der Waals surface area (Å²) in [5.74, 6) is -0.167. The number of fused-ring (bicyclic) bond motifs is 1. The minimum Gasteiger partial charge on any atom is -0.321 e. The number of nitrogens with one attached hydrogen (secondary N) is 2. The Bertz CT molecular complexity index is 1610. The average molecular weight is 535 g/mol. The summed E-state index contributed by atoms with van der Waals surface area (Å²) < 4.78 is 0. The first-order valence-electron chi connectivity index (χ1n) is 13.2. The van der Waals surface area contributed by atoms with Crippen molar-refractivity contribution in [2.24, 2.45) is 0 Å². The van der Waals surface area contributed by atoms with Crippen molar-refractivity contribution in [3.8, 4) is 21.7 Å². The first-order valence-corrected chi connectivity index (χ1v) is 14.0. The lowest BCUT2D eigenvalue weighted by molar-refractivity contribution is 0.102. The summed E-state index contributed by atoms with van der Waals surface area (Å²) in [6.07, 6.45) is 5.46. The molecule has 1 fully saturated rings. The van der Waals surface area contributed by atoms with E-state index in [1.807, 2.05) is 66.9 Å². The molecule has 0 aliphatic carbocycles. The van der Waals surface area contributed by atoms with Crippen molar-refractivity contribution in [1.82, 2.24) is 25.2 Å². The second kappa shape index (κ2) is 11.0. The number of para-hydroxylation sites is 1. The van der Waals surface area contributed by atoms with Crippen LogP contribution in [0, 0.1) is 0 Å². The zero-order valence-corrected chi connectivity index (χ0v) is 22.8. The van der Waals surface area contributed by atoms with Gasteiger partial charge in [-0.15, -0.1) is 0 Å². The van der Waals surface area contributed by atoms with E-state index in [2.05, 4.69) is 40.4 Å². The number of hydrogen-bond acceptors (Lipinski definition) is 7. The molecule has 0 spiro atoms. The number of amides is 1. The molecule has 2 N–H and O–H groups in total. The van der Waals surface area contributed by atoms with Crippen molar-refractivity contribution < 1.29 is 4.79 Å². The summed E-state index contributed by atoms with van der Waals surface area (Å²) in [6.45, 7) is 7.35. The predicted molar refractivity (Wildman–Crippen MR) is 158 cm³/mol. The number of aromatic nitrogens is 3. The van der Waals surface area contributed by atoms with E-state index in [1.54, 1.807) is 12.4 Å². The summed E-state index contributed by atoms with van der Waals surface area (Å²) in [5.41, 5.74) is 6.22. The van der Waals surface area contributed by atoms with Crippen molar-refractivity contribution >= 4 is 33.3 Å². The molecule has 6 rings (SSSR count). The molecule has 1 aliphatic heterocycles.